The highest BCUT2D eigenvalue weighted by atomic mass is 16.5. The van der Waals surface area contributed by atoms with Crippen molar-refractivity contribution in [2.45, 2.75) is 56.5 Å². The van der Waals surface area contributed by atoms with Crippen LogP contribution in [0.2, 0.25) is 0 Å². The van der Waals surface area contributed by atoms with Crippen LogP contribution in [-0.2, 0) is 4.79 Å². The van der Waals surface area contributed by atoms with Gasteiger partial charge in [-0.25, -0.2) is 0 Å². The number of hydrogen-bond acceptors (Lipinski definition) is 5. The fourth-order valence-corrected chi connectivity index (χ4v) is 4.64. The van der Waals surface area contributed by atoms with Crippen LogP contribution < -0.4 is 9.47 Å². The van der Waals surface area contributed by atoms with Crippen LogP contribution in [0, 0.1) is 11.3 Å². The number of benzene rings is 1. The maximum absolute atomic E-state index is 13.1. The first-order chi connectivity index (χ1) is 13.5. The van der Waals surface area contributed by atoms with Gasteiger partial charge < -0.3 is 14.4 Å². The number of likely N-dealkylation sites (tertiary alicyclic amines) is 1. The van der Waals surface area contributed by atoms with Crippen LogP contribution >= 0.6 is 0 Å². The van der Waals surface area contributed by atoms with Gasteiger partial charge in [0.15, 0.2) is 0 Å². The molecule has 0 N–H and O–H groups in total. The molecule has 1 aliphatic carbocycles. The largest absolute Gasteiger partial charge is 0.497 e. The van der Waals surface area contributed by atoms with E-state index in [9.17, 15) is 10.1 Å². The molecule has 28 heavy (non-hydrogen) atoms. The molecule has 1 atom stereocenters. The van der Waals surface area contributed by atoms with Gasteiger partial charge in [-0.1, -0.05) is 25.3 Å². The second kappa shape index (κ2) is 8.83. The van der Waals surface area contributed by atoms with Gasteiger partial charge in [-0.05, 0) is 38.3 Å². The van der Waals surface area contributed by atoms with Crippen LogP contribution in [0.5, 0.6) is 11.5 Å². The standard InChI is InChI=1S/C22H31N3O3/c1-24(22(16-23)11-5-4-6-12-22)21(26)15-25-13-7-8-19(25)18-10-9-17(27-2)14-20(18)28-3/h9-10,14,19H,4-8,11-13,15H2,1-3H3/t19-/m1/s1. The van der Waals surface area contributed by atoms with Gasteiger partial charge in [0, 0.05) is 24.7 Å². The molecule has 1 aromatic rings. The maximum Gasteiger partial charge on any atom is 0.237 e. The van der Waals surface area contributed by atoms with E-state index in [2.05, 4.69) is 11.0 Å². The summed E-state index contributed by atoms with van der Waals surface area (Å²) in [7, 11) is 5.10. The second-order valence-electron chi connectivity index (χ2n) is 7.89. The molecule has 0 unspecified atom stereocenters. The minimum absolute atomic E-state index is 0.0304. The summed E-state index contributed by atoms with van der Waals surface area (Å²) in [5.41, 5.74) is 0.450. The molecular formula is C22H31N3O3. The van der Waals surface area contributed by atoms with Gasteiger partial charge >= 0.3 is 0 Å². The van der Waals surface area contributed by atoms with Crippen LogP contribution in [-0.4, -0.2) is 55.6 Å². The molecule has 2 fully saturated rings. The number of carbonyl (C=O) groups is 1. The number of nitriles is 1. The Kier molecular flexibility index (Phi) is 6.46. The Bertz CT molecular complexity index is 737. The summed E-state index contributed by atoms with van der Waals surface area (Å²) in [6.45, 7) is 1.21. The predicted octanol–water partition coefficient (Wildman–Crippen LogP) is 3.53. The Labute approximate surface area is 168 Å². The van der Waals surface area contributed by atoms with Gasteiger partial charge in [0.1, 0.15) is 17.0 Å². The van der Waals surface area contributed by atoms with Gasteiger partial charge in [-0.3, -0.25) is 9.69 Å². The molecule has 152 valence electrons. The summed E-state index contributed by atoms with van der Waals surface area (Å²) in [6.07, 6.45) is 6.77. The number of nitrogens with zero attached hydrogens (tertiary/aromatic N) is 3. The van der Waals surface area contributed by atoms with E-state index in [0.29, 0.717) is 6.54 Å². The number of hydrogen-bond donors (Lipinski definition) is 0. The lowest BCUT2D eigenvalue weighted by atomic mass is 9.81. The van der Waals surface area contributed by atoms with E-state index >= 15 is 0 Å². The molecule has 1 heterocycles. The van der Waals surface area contributed by atoms with Gasteiger partial charge in [0.05, 0.1) is 26.8 Å². The molecule has 0 radical (unpaired) electrons. The highest BCUT2D eigenvalue weighted by Crippen LogP contribution is 2.39. The molecule has 0 bridgehead atoms. The molecule has 1 amide bonds. The van der Waals surface area contributed by atoms with Crippen LogP contribution in [0.15, 0.2) is 18.2 Å². The van der Waals surface area contributed by atoms with E-state index in [-0.39, 0.29) is 11.9 Å². The average molecular weight is 386 g/mol. The lowest BCUT2D eigenvalue weighted by Gasteiger charge is -2.40. The van der Waals surface area contributed by atoms with Gasteiger partial charge in [-0.15, -0.1) is 0 Å². The van der Waals surface area contributed by atoms with Crippen molar-refractivity contribution in [2.75, 3.05) is 34.4 Å². The molecule has 6 nitrogen and oxygen atoms in total. The third-order valence-electron chi connectivity index (χ3n) is 6.41. The van der Waals surface area contributed by atoms with Crippen LogP contribution in [0.3, 0.4) is 0 Å². The van der Waals surface area contributed by atoms with Gasteiger partial charge in [0.25, 0.3) is 0 Å². The molecule has 2 aliphatic rings. The van der Waals surface area contributed by atoms with Crippen molar-refractivity contribution in [2.24, 2.45) is 0 Å². The summed E-state index contributed by atoms with van der Waals surface area (Å²) in [5, 5.41) is 9.78. The Morgan fingerprint density at radius 2 is 2.00 bits per heavy atom. The van der Waals surface area contributed by atoms with Gasteiger partial charge in [-0.2, -0.15) is 5.26 Å². The topological polar surface area (TPSA) is 65.8 Å². The van der Waals surface area contributed by atoms with E-state index in [1.54, 1.807) is 26.2 Å². The number of methoxy groups -OCH3 is 2. The molecule has 1 aliphatic heterocycles. The first-order valence-corrected chi connectivity index (χ1v) is 10.2. The van der Waals surface area contributed by atoms with E-state index < -0.39 is 5.54 Å². The SMILES string of the molecule is COc1ccc([C@H]2CCCN2CC(=O)N(C)C2(C#N)CCCCC2)c(OC)c1. The van der Waals surface area contributed by atoms with Gasteiger partial charge in [0.2, 0.25) is 5.91 Å². The number of carbonyl (C=O) groups excluding carboxylic acids is 1. The summed E-state index contributed by atoms with van der Waals surface area (Å²) in [6, 6.07) is 8.46. The van der Waals surface area contributed by atoms with Crippen molar-refractivity contribution in [1.82, 2.24) is 9.80 Å². The minimum atomic E-state index is -0.637. The van der Waals surface area contributed by atoms with E-state index in [1.807, 2.05) is 18.2 Å². The summed E-state index contributed by atoms with van der Waals surface area (Å²) in [4.78, 5) is 17.0. The fourth-order valence-electron chi connectivity index (χ4n) is 4.64. The maximum atomic E-state index is 13.1. The number of likely N-dealkylation sites (N-methyl/N-ethyl adjacent to an activating group) is 1. The monoisotopic (exact) mass is 385 g/mol. The molecule has 3 rings (SSSR count). The second-order valence-corrected chi connectivity index (χ2v) is 7.89. The zero-order valence-electron chi connectivity index (χ0n) is 17.2. The molecule has 0 spiro atoms. The van der Waals surface area contributed by atoms with E-state index in [4.69, 9.17) is 9.47 Å². The normalized spacial score (nSPS) is 21.7. The number of ether oxygens (including phenoxy) is 2. The Hall–Kier alpha value is -2.26. The summed E-state index contributed by atoms with van der Waals surface area (Å²) >= 11 is 0. The molecule has 1 saturated carbocycles. The average Bonchev–Trinajstić information content (AvgIpc) is 3.20. The zero-order valence-corrected chi connectivity index (χ0v) is 17.2. The van der Waals surface area contributed by atoms with Crippen LogP contribution in [0.25, 0.3) is 0 Å². The van der Waals surface area contributed by atoms with Crippen molar-refractivity contribution in [3.05, 3.63) is 23.8 Å². The Morgan fingerprint density at radius 1 is 1.25 bits per heavy atom. The smallest absolute Gasteiger partial charge is 0.237 e. The first kappa shape index (κ1) is 20.5. The molecule has 0 aromatic heterocycles. The minimum Gasteiger partial charge on any atom is -0.497 e. The Balaban J connectivity index is 1.75. The van der Waals surface area contributed by atoms with Crippen LogP contribution in [0.1, 0.15) is 56.6 Å². The lowest BCUT2D eigenvalue weighted by molar-refractivity contribution is -0.136. The highest BCUT2D eigenvalue weighted by molar-refractivity contribution is 5.79. The number of amides is 1. The molecule has 1 saturated heterocycles. The van der Waals surface area contributed by atoms with Crippen molar-refractivity contribution >= 4 is 5.91 Å². The highest BCUT2D eigenvalue weighted by Gasteiger charge is 2.40. The van der Waals surface area contributed by atoms with E-state index in [1.165, 1.54) is 0 Å². The third kappa shape index (κ3) is 3.95. The van der Waals surface area contributed by atoms with E-state index in [0.717, 1.165) is 68.6 Å². The summed E-state index contributed by atoms with van der Waals surface area (Å²) in [5.74, 6) is 1.58. The van der Waals surface area contributed by atoms with Crippen molar-refractivity contribution in [3.63, 3.8) is 0 Å². The van der Waals surface area contributed by atoms with Crippen molar-refractivity contribution < 1.29 is 14.3 Å². The predicted molar refractivity (Wildman–Crippen MR) is 107 cm³/mol. The first-order valence-electron chi connectivity index (χ1n) is 10.2. The summed E-state index contributed by atoms with van der Waals surface area (Å²) < 4.78 is 10.9. The van der Waals surface area contributed by atoms with Crippen molar-refractivity contribution in [1.29, 1.82) is 5.26 Å². The van der Waals surface area contributed by atoms with Crippen molar-refractivity contribution in [3.8, 4) is 17.6 Å². The number of rotatable bonds is 6. The Morgan fingerprint density at radius 3 is 2.64 bits per heavy atom. The molecule has 1 aromatic carbocycles. The zero-order chi connectivity index (χ0) is 20.1. The molecule has 6 heteroatoms. The quantitative estimate of drug-likeness (QED) is 0.749. The fraction of sp³-hybridized carbons (Fsp3) is 0.636. The van der Waals surface area contributed by atoms with Crippen LogP contribution in [0.4, 0.5) is 0 Å². The lowest BCUT2D eigenvalue weighted by Crippen LogP contribution is -2.52. The molecular weight excluding hydrogens is 354 g/mol. The third-order valence-corrected chi connectivity index (χ3v) is 6.41.